The maximum atomic E-state index is 4.63. The van der Waals surface area contributed by atoms with Crippen LogP contribution in [-0.4, -0.2) is 16.0 Å². The normalized spacial score (nSPS) is 22.7. The zero-order valence-electron chi connectivity index (χ0n) is 11.9. The van der Waals surface area contributed by atoms with Crippen molar-refractivity contribution in [1.29, 1.82) is 0 Å². The molecule has 3 heteroatoms. The third-order valence-electron chi connectivity index (χ3n) is 4.46. The Labute approximate surface area is 114 Å². The lowest BCUT2D eigenvalue weighted by molar-refractivity contribution is 0.166. The molecule has 0 saturated heterocycles. The first-order valence-corrected chi connectivity index (χ1v) is 7.32. The summed E-state index contributed by atoms with van der Waals surface area (Å²) in [6, 6.07) is 8.82. The van der Waals surface area contributed by atoms with E-state index in [1.807, 2.05) is 12.1 Å². The number of para-hydroxylation sites is 2. The molecule has 3 rings (SSSR count). The van der Waals surface area contributed by atoms with Crippen molar-refractivity contribution < 1.29 is 0 Å². The molecule has 102 valence electrons. The molecular weight excluding hydrogens is 234 g/mol. The van der Waals surface area contributed by atoms with Crippen LogP contribution < -0.4 is 5.32 Å². The van der Waals surface area contributed by atoms with Crippen LogP contribution in [0.5, 0.6) is 0 Å². The number of rotatable bonds is 3. The van der Waals surface area contributed by atoms with Gasteiger partial charge in [0.2, 0.25) is 0 Å². The molecule has 0 radical (unpaired) electrons. The smallest absolute Gasteiger partial charge is 0.121 e. The van der Waals surface area contributed by atoms with Gasteiger partial charge < -0.3 is 10.3 Å². The van der Waals surface area contributed by atoms with Crippen LogP contribution in [0.25, 0.3) is 11.0 Å². The van der Waals surface area contributed by atoms with E-state index in [0.717, 1.165) is 23.4 Å². The van der Waals surface area contributed by atoms with E-state index in [9.17, 15) is 0 Å². The quantitative estimate of drug-likeness (QED) is 0.881. The lowest BCUT2D eigenvalue weighted by atomic mass is 9.73. The van der Waals surface area contributed by atoms with E-state index >= 15 is 0 Å². The number of imidazole rings is 1. The van der Waals surface area contributed by atoms with Gasteiger partial charge in [-0.1, -0.05) is 38.8 Å². The summed E-state index contributed by atoms with van der Waals surface area (Å²) in [5.41, 5.74) is 2.59. The fraction of sp³-hybridized carbons (Fsp3) is 0.562. The number of H-pyrrole nitrogens is 1. The van der Waals surface area contributed by atoms with Crippen LogP contribution in [0.3, 0.4) is 0 Å². The molecule has 19 heavy (non-hydrogen) atoms. The average molecular weight is 257 g/mol. The van der Waals surface area contributed by atoms with E-state index in [-0.39, 0.29) is 0 Å². The zero-order valence-corrected chi connectivity index (χ0v) is 11.9. The molecule has 3 nitrogen and oxygen atoms in total. The van der Waals surface area contributed by atoms with Gasteiger partial charge >= 0.3 is 0 Å². The Balaban J connectivity index is 1.68. The SMILES string of the molecule is CC1(C)CCCCC1NCc1nc2ccccc2[nH]1. The van der Waals surface area contributed by atoms with Crippen molar-refractivity contribution in [1.82, 2.24) is 15.3 Å². The minimum Gasteiger partial charge on any atom is -0.341 e. The Bertz CT molecular complexity index is 523. The topological polar surface area (TPSA) is 40.7 Å². The second-order valence-corrected chi connectivity index (χ2v) is 6.37. The van der Waals surface area contributed by atoms with Gasteiger partial charge in [-0.05, 0) is 30.4 Å². The molecule has 1 unspecified atom stereocenters. The van der Waals surface area contributed by atoms with Crippen molar-refractivity contribution in [2.75, 3.05) is 0 Å². The Morgan fingerprint density at radius 3 is 2.95 bits per heavy atom. The molecule has 1 aromatic heterocycles. The fourth-order valence-electron chi connectivity index (χ4n) is 3.18. The molecule has 0 spiro atoms. The van der Waals surface area contributed by atoms with Crippen molar-refractivity contribution in [2.45, 2.75) is 52.1 Å². The van der Waals surface area contributed by atoms with E-state index < -0.39 is 0 Å². The molecule has 0 bridgehead atoms. The first kappa shape index (κ1) is 12.7. The van der Waals surface area contributed by atoms with Crippen LogP contribution in [0.15, 0.2) is 24.3 Å². The molecule has 2 N–H and O–H groups in total. The predicted octanol–water partition coefficient (Wildman–Crippen LogP) is 3.62. The van der Waals surface area contributed by atoms with Gasteiger partial charge in [-0.15, -0.1) is 0 Å². The summed E-state index contributed by atoms with van der Waals surface area (Å²) < 4.78 is 0. The first-order chi connectivity index (χ1) is 9.15. The van der Waals surface area contributed by atoms with E-state index in [0.29, 0.717) is 11.5 Å². The molecule has 1 aliphatic carbocycles. The Morgan fingerprint density at radius 1 is 1.32 bits per heavy atom. The molecule has 0 amide bonds. The Morgan fingerprint density at radius 2 is 2.16 bits per heavy atom. The van der Waals surface area contributed by atoms with Crippen LogP contribution in [-0.2, 0) is 6.54 Å². The van der Waals surface area contributed by atoms with Crippen molar-refractivity contribution >= 4 is 11.0 Å². The van der Waals surface area contributed by atoms with Gasteiger partial charge in [0.1, 0.15) is 5.82 Å². The number of nitrogens with one attached hydrogen (secondary N) is 2. The second kappa shape index (κ2) is 4.97. The van der Waals surface area contributed by atoms with Crippen molar-refractivity contribution in [2.24, 2.45) is 5.41 Å². The third-order valence-corrected chi connectivity index (χ3v) is 4.46. The molecule has 0 aliphatic heterocycles. The van der Waals surface area contributed by atoms with Gasteiger partial charge in [-0.2, -0.15) is 0 Å². The summed E-state index contributed by atoms with van der Waals surface area (Å²) in [6.45, 7) is 5.59. The number of aromatic amines is 1. The molecule has 1 fully saturated rings. The highest BCUT2D eigenvalue weighted by molar-refractivity contribution is 5.74. The summed E-state index contributed by atoms with van der Waals surface area (Å²) in [4.78, 5) is 8.02. The van der Waals surface area contributed by atoms with Crippen LogP contribution in [0.1, 0.15) is 45.4 Å². The average Bonchev–Trinajstić information content (AvgIpc) is 2.79. The van der Waals surface area contributed by atoms with E-state index in [1.165, 1.54) is 25.7 Å². The number of aromatic nitrogens is 2. The molecule has 1 aromatic carbocycles. The molecular formula is C16H23N3. The molecule has 1 atom stereocenters. The largest absolute Gasteiger partial charge is 0.341 e. The Hall–Kier alpha value is -1.35. The maximum Gasteiger partial charge on any atom is 0.121 e. The van der Waals surface area contributed by atoms with E-state index in [1.54, 1.807) is 0 Å². The number of benzene rings is 1. The highest BCUT2D eigenvalue weighted by atomic mass is 15.0. The van der Waals surface area contributed by atoms with E-state index in [4.69, 9.17) is 0 Å². The minimum absolute atomic E-state index is 0.407. The van der Waals surface area contributed by atoms with Gasteiger partial charge in [0.15, 0.2) is 0 Å². The van der Waals surface area contributed by atoms with Gasteiger partial charge in [-0.3, -0.25) is 0 Å². The van der Waals surface area contributed by atoms with Gasteiger partial charge in [-0.25, -0.2) is 4.98 Å². The summed E-state index contributed by atoms with van der Waals surface area (Å²) in [7, 11) is 0. The minimum atomic E-state index is 0.407. The van der Waals surface area contributed by atoms with Gasteiger partial charge in [0.25, 0.3) is 0 Å². The van der Waals surface area contributed by atoms with Crippen molar-refractivity contribution in [3.63, 3.8) is 0 Å². The monoisotopic (exact) mass is 257 g/mol. The van der Waals surface area contributed by atoms with Crippen LogP contribution >= 0.6 is 0 Å². The van der Waals surface area contributed by atoms with Crippen LogP contribution in [0, 0.1) is 5.41 Å². The van der Waals surface area contributed by atoms with Crippen LogP contribution in [0.2, 0.25) is 0 Å². The summed E-state index contributed by atoms with van der Waals surface area (Å²) in [5.74, 6) is 1.04. The third kappa shape index (κ3) is 2.66. The number of nitrogens with zero attached hydrogens (tertiary/aromatic N) is 1. The highest BCUT2D eigenvalue weighted by Gasteiger charge is 2.31. The summed E-state index contributed by atoms with van der Waals surface area (Å²) in [6.07, 6.45) is 5.33. The number of hydrogen-bond acceptors (Lipinski definition) is 2. The second-order valence-electron chi connectivity index (χ2n) is 6.37. The predicted molar refractivity (Wildman–Crippen MR) is 79.0 cm³/mol. The zero-order chi connectivity index (χ0) is 13.3. The molecule has 2 aromatic rings. The number of hydrogen-bond donors (Lipinski definition) is 2. The summed E-state index contributed by atoms with van der Waals surface area (Å²) >= 11 is 0. The van der Waals surface area contributed by atoms with Crippen molar-refractivity contribution in [3.05, 3.63) is 30.1 Å². The lowest BCUT2D eigenvalue weighted by Gasteiger charge is -2.39. The molecule has 1 saturated carbocycles. The number of fused-ring (bicyclic) bond motifs is 1. The lowest BCUT2D eigenvalue weighted by Crippen LogP contribution is -2.43. The Kier molecular flexibility index (Phi) is 3.31. The fourth-order valence-corrected chi connectivity index (χ4v) is 3.18. The maximum absolute atomic E-state index is 4.63. The molecule has 1 heterocycles. The van der Waals surface area contributed by atoms with Gasteiger partial charge in [0.05, 0.1) is 17.6 Å². The van der Waals surface area contributed by atoms with Gasteiger partial charge in [0, 0.05) is 6.04 Å². The first-order valence-electron chi connectivity index (χ1n) is 7.32. The molecule has 1 aliphatic rings. The highest BCUT2D eigenvalue weighted by Crippen LogP contribution is 2.35. The van der Waals surface area contributed by atoms with Crippen LogP contribution in [0.4, 0.5) is 0 Å². The van der Waals surface area contributed by atoms with Crippen molar-refractivity contribution in [3.8, 4) is 0 Å². The summed E-state index contributed by atoms with van der Waals surface area (Å²) in [5, 5.41) is 3.70. The van der Waals surface area contributed by atoms with E-state index in [2.05, 4.69) is 41.3 Å². The standard InChI is InChI=1S/C16H23N3/c1-16(2)10-6-5-9-14(16)17-11-15-18-12-7-3-4-8-13(12)19-15/h3-4,7-8,14,17H,5-6,9-11H2,1-2H3,(H,18,19).